The monoisotopic (exact) mass is 207 g/mol. The van der Waals surface area contributed by atoms with Gasteiger partial charge in [0, 0.05) is 23.0 Å². The number of rotatable bonds is 1. The second-order valence-corrected chi connectivity index (χ2v) is 5.02. The highest BCUT2D eigenvalue weighted by Crippen LogP contribution is 2.55. The summed E-state index contributed by atoms with van der Waals surface area (Å²) in [5.41, 5.74) is 2.01. The van der Waals surface area contributed by atoms with E-state index in [0.717, 1.165) is 5.02 Å². The standard InChI is InChI=1S/C12H14ClN/c13-10-4-2-9(3-5-10)11-12(8-14-11)6-1-7-12/h2-5,11,14H,1,6-8H2. The molecule has 2 heteroatoms. The van der Waals surface area contributed by atoms with Crippen LogP contribution in [-0.2, 0) is 0 Å². The summed E-state index contributed by atoms with van der Waals surface area (Å²) in [5.74, 6) is 0. The molecule has 1 spiro atoms. The van der Waals surface area contributed by atoms with Gasteiger partial charge in [0.1, 0.15) is 0 Å². The van der Waals surface area contributed by atoms with Crippen LogP contribution in [0.5, 0.6) is 0 Å². The number of hydrogen-bond acceptors (Lipinski definition) is 1. The Morgan fingerprint density at radius 1 is 1.21 bits per heavy atom. The SMILES string of the molecule is Clc1ccc(C2NCC23CCC3)cc1. The van der Waals surface area contributed by atoms with Crippen LogP contribution in [0.2, 0.25) is 5.02 Å². The molecule has 0 aromatic heterocycles. The van der Waals surface area contributed by atoms with Gasteiger partial charge in [-0.1, -0.05) is 30.2 Å². The molecule has 74 valence electrons. The second kappa shape index (κ2) is 2.98. The Hall–Kier alpha value is -0.530. The molecule has 1 N–H and O–H groups in total. The highest BCUT2D eigenvalue weighted by Gasteiger charge is 2.50. The topological polar surface area (TPSA) is 12.0 Å². The number of halogens is 1. The van der Waals surface area contributed by atoms with E-state index in [1.54, 1.807) is 0 Å². The van der Waals surface area contributed by atoms with Crippen molar-refractivity contribution in [3.63, 3.8) is 0 Å². The van der Waals surface area contributed by atoms with Crippen molar-refractivity contribution in [1.82, 2.24) is 5.32 Å². The van der Waals surface area contributed by atoms with Crippen molar-refractivity contribution < 1.29 is 0 Å². The van der Waals surface area contributed by atoms with Gasteiger partial charge in [-0.05, 0) is 30.5 Å². The predicted molar refractivity (Wildman–Crippen MR) is 58.5 cm³/mol. The third-order valence-electron chi connectivity index (χ3n) is 3.82. The van der Waals surface area contributed by atoms with Gasteiger partial charge in [-0.3, -0.25) is 0 Å². The van der Waals surface area contributed by atoms with Gasteiger partial charge in [0.25, 0.3) is 0 Å². The molecule has 0 radical (unpaired) electrons. The molecule has 2 fully saturated rings. The lowest BCUT2D eigenvalue weighted by atomic mass is 9.58. The van der Waals surface area contributed by atoms with Gasteiger partial charge in [0.05, 0.1) is 0 Å². The first-order valence-corrected chi connectivity index (χ1v) is 5.67. The Labute approximate surface area is 89.5 Å². The van der Waals surface area contributed by atoms with Crippen molar-refractivity contribution in [2.24, 2.45) is 5.41 Å². The molecule has 1 heterocycles. The molecule has 0 amide bonds. The molecule has 1 aromatic rings. The third-order valence-corrected chi connectivity index (χ3v) is 4.08. The largest absolute Gasteiger partial charge is 0.309 e. The zero-order valence-electron chi connectivity index (χ0n) is 8.09. The molecule has 1 aliphatic carbocycles. The molecule has 1 atom stereocenters. The van der Waals surface area contributed by atoms with Crippen molar-refractivity contribution in [3.05, 3.63) is 34.9 Å². The number of hydrogen-bond donors (Lipinski definition) is 1. The normalized spacial score (nSPS) is 28.2. The molecule has 1 saturated carbocycles. The molecule has 1 nitrogen and oxygen atoms in total. The zero-order chi connectivity index (χ0) is 9.60. The summed E-state index contributed by atoms with van der Waals surface area (Å²) < 4.78 is 0. The van der Waals surface area contributed by atoms with Gasteiger partial charge < -0.3 is 5.32 Å². The lowest BCUT2D eigenvalue weighted by molar-refractivity contribution is -0.00564. The molecule has 14 heavy (non-hydrogen) atoms. The molecular formula is C12H14ClN. The molecule has 1 aromatic carbocycles. The van der Waals surface area contributed by atoms with E-state index in [2.05, 4.69) is 17.4 Å². The van der Waals surface area contributed by atoms with E-state index < -0.39 is 0 Å². The van der Waals surface area contributed by atoms with Crippen molar-refractivity contribution in [2.45, 2.75) is 25.3 Å². The van der Waals surface area contributed by atoms with Crippen LogP contribution in [0.25, 0.3) is 0 Å². The predicted octanol–water partition coefficient (Wildman–Crippen LogP) is 3.15. The first-order valence-electron chi connectivity index (χ1n) is 5.29. The molecule has 1 unspecified atom stereocenters. The maximum atomic E-state index is 5.88. The molecule has 1 aliphatic heterocycles. The highest BCUT2D eigenvalue weighted by molar-refractivity contribution is 6.30. The van der Waals surface area contributed by atoms with Gasteiger partial charge in [-0.25, -0.2) is 0 Å². The second-order valence-electron chi connectivity index (χ2n) is 4.58. The molecular weight excluding hydrogens is 194 g/mol. The molecule has 3 rings (SSSR count). The smallest absolute Gasteiger partial charge is 0.0406 e. The summed E-state index contributed by atoms with van der Waals surface area (Å²) >= 11 is 5.88. The minimum Gasteiger partial charge on any atom is -0.309 e. The average Bonchev–Trinajstić information content (AvgIpc) is 2.04. The average molecular weight is 208 g/mol. The van der Waals surface area contributed by atoms with E-state index in [1.165, 1.54) is 31.4 Å². The lowest BCUT2D eigenvalue weighted by Crippen LogP contribution is -2.59. The Morgan fingerprint density at radius 3 is 2.36 bits per heavy atom. The fourth-order valence-corrected chi connectivity index (χ4v) is 2.84. The minimum atomic E-state index is 0.591. The van der Waals surface area contributed by atoms with Gasteiger partial charge in [0.2, 0.25) is 0 Å². The molecule has 0 bridgehead atoms. The van der Waals surface area contributed by atoms with Crippen molar-refractivity contribution >= 4 is 11.6 Å². The van der Waals surface area contributed by atoms with Gasteiger partial charge >= 0.3 is 0 Å². The summed E-state index contributed by atoms with van der Waals surface area (Å²) in [7, 11) is 0. The van der Waals surface area contributed by atoms with E-state index in [4.69, 9.17) is 11.6 Å². The quantitative estimate of drug-likeness (QED) is 0.746. The summed E-state index contributed by atoms with van der Waals surface area (Å²) in [5, 5.41) is 4.36. The summed E-state index contributed by atoms with van der Waals surface area (Å²) in [4.78, 5) is 0. The van der Waals surface area contributed by atoms with Crippen molar-refractivity contribution in [2.75, 3.05) is 6.54 Å². The van der Waals surface area contributed by atoms with Crippen LogP contribution in [-0.4, -0.2) is 6.54 Å². The Balaban J connectivity index is 1.85. The number of benzene rings is 1. The summed E-state index contributed by atoms with van der Waals surface area (Å²) in [6.07, 6.45) is 4.20. The van der Waals surface area contributed by atoms with Crippen molar-refractivity contribution in [1.29, 1.82) is 0 Å². The summed E-state index contributed by atoms with van der Waals surface area (Å²) in [6.45, 7) is 1.21. The van der Waals surface area contributed by atoms with E-state index in [1.807, 2.05) is 12.1 Å². The Morgan fingerprint density at radius 2 is 1.93 bits per heavy atom. The maximum absolute atomic E-state index is 5.88. The maximum Gasteiger partial charge on any atom is 0.0406 e. The first kappa shape index (κ1) is 8.75. The fraction of sp³-hybridized carbons (Fsp3) is 0.500. The van der Waals surface area contributed by atoms with Crippen molar-refractivity contribution in [3.8, 4) is 0 Å². The Kier molecular flexibility index (Phi) is 1.86. The number of nitrogens with one attached hydrogen (secondary N) is 1. The van der Waals surface area contributed by atoms with Crippen LogP contribution in [0.3, 0.4) is 0 Å². The minimum absolute atomic E-state index is 0.591. The van der Waals surface area contributed by atoms with E-state index in [0.29, 0.717) is 11.5 Å². The van der Waals surface area contributed by atoms with Gasteiger partial charge in [0.15, 0.2) is 0 Å². The highest BCUT2D eigenvalue weighted by atomic mass is 35.5. The molecule has 2 aliphatic rings. The van der Waals surface area contributed by atoms with E-state index in [9.17, 15) is 0 Å². The lowest BCUT2D eigenvalue weighted by Gasteiger charge is -2.57. The molecule has 1 saturated heterocycles. The van der Waals surface area contributed by atoms with Crippen LogP contribution in [0.15, 0.2) is 24.3 Å². The van der Waals surface area contributed by atoms with E-state index >= 15 is 0 Å². The van der Waals surface area contributed by atoms with Crippen LogP contribution in [0, 0.1) is 5.41 Å². The zero-order valence-corrected chi connectivity index (χ0v) is 8.85. The third kappa shape index (κ3) is 1.12. The van der Waals surface area contributed by atoms with Crippen LogP contribution in [0.1, 0.15) is 30.9 Å². The van der Waals surface area contributed by atoms with Gasteiger partial charge in [-0.2, -0.15) is 0 Å². The summed E-state index contributed by atoms with van der Waals surface area (Å²) in [6, 6.07) is 8.87. The van der Waals surface area contributed by atoms with Crippen LogP contribution in [0.4, 0.5) is 0 Å². The Bertz CT molecular complexity index is 334. The first-order chi connectivity index (χ1) is 6.80. The van der Waals surface area contributed by atoms with Gasteiger partial charge in [-0.15, -0.1) is 0 Å². The van der Waals surface area contributed by atoms with E-state index in [-0.39, 0.29) is 0 Å². The fourth-order valence-electron chi connectivity index (χ4n) is 2.72. The van der Waals surface area contributed by atoms with Crippen LogP contribution < -0.4 is 5.32 Å². The van der Waals surface area contributed by atoms with Crippen LogP contribution >= 0.6 is 11.6 Å².